The molecular formula is C16H21N3O. The third-order valence-corrected chi connectivity index (χ3v) is 3.01. The van der Waals surface area contributed by atoms with E-state index in [1.165, 1.54) is 0 Å². The topological polar surface area (TPSA) is 47.0 Å². The number of aromatic nitrogens is 2. The Balaban J connectivity index is 2.39. The van der Waals surface area contributed by atoms with E-state index in [1.807, 2.05) is 6.07 Å². The quantitative estimate of drug-likeness (QED) is 0.919. The van der Waals surface area contributed by atoms with Crippen molar-refractivity contribution in [2.24, 2.45) is 0 Å². The van der Waals surface area contributed by atoms with E-state index in [-0.39, 0.29) is 5.41 Å². The second kappa shape index (κ2) is 5.49. The molecule has 1 aromatic carbocycles. The second-order valence-electron chi connectivity index (χ2n) is 5.82. The molecule has 2 aromatic rings. The molecule has 2 rings (SSSR count). The molecule has 0 spiro atoms. The zero-order valence-electron chi connectivity index (χ0n) is 12.7. The lowest BCUT2D eigenvalue weighted by Gasteiger charge is -2.22. The summed E-state index contributed by atoms with van der Waals surface area (Å²) in [5.74, 6) is 1.94. The van der Waals surface area contributed by atoms with Gasteiger partial charge < -0.3 is 10.1 Å². The molecule has 1 heterocycles. The highest BCUT2D eigenvalue weighted by Crippen LogP contribution is 2.34. The van der Waals surface area contributed by atoms with Crippen LogP contribution in [0.5, 0.6) is 11.6 Å². The van der Waals surface area contributed by atoms with Crippen molar-refractivity contribution in [1.29, 1.82) is 0 Å². The Morgan fingerprint density at radius 2 is 1.90 bits per heavy atom. The fourth-order valence-corrected chi connectivity index (χ4v) is 1.97. The number of ether oxygens (including phenoxy) is 1. The maximum absolute atomic E-state index is 5.97. The number of rotatable bonds is 3. The molecule has 0 saturated carbocycles. The molecule has 0 aliphatic rings. The van der Waals surface area contributed by atoms with Crippen molar-refractivity contribution >= 4 is 5.95 Å². The first-order valence-electron chi connectivity index (χ1n) is 6.70. The first kappa shape index (κ1) is 14.3. The number of benzene rings is 1. The lowest BCUT2D eigenvalue weighted by atomic mass is 9.86. The zero-order valence-corrected chi connectivity index (χ0v) is 12.7. The molecular weight excluding hydrogens is 250 g/mol. The van der Waals surface area contributed by atoms with Crippen LogP contribution in [-0.4, -0.2) is 17.0 Å². The van der Waals surface area contributed by atoms with Gasteiger partial charge in [0.05, 0.1) is 0 Å². The maximum Gasteiger partial charge on any atom is 0.225 e. The molecule has 0 atom stereocenters. The zero-order chi connectivity index (χ0) is 14.8. The van der Waals surface area contributed by atoms with Crippen molar-refractivity contribution in [3.63, 3.8) is 0 Å². The smallest absolute Gasteiger partial charge is 0.225 e. The Hall–Kier alpha value is -2.10. The molecule has 20 heavy (non-hydrogen) atoms. The molecule has 1 aromatic heterocycles. The van der Waals surface area contributed by atoms with E-state index in [2.05, 4.69) is 55.1 Å². The van der Waals surface area contributed by atoms with Crippen LogP contribution >= 0.6 is 0 Å². The minimum atomic E-state index is 0.0158. The van der Waals surface area contributed by atoms with Gasteiger partial charge in [0.2, 0.25) is 11.8 Å². The van der Waals surface area contributed by atoms with Crippen LogP contribution in [0.1, 0.15) is 31.9 Å². The standard InChI is InChI=1S/C16H21N3O/c1-11-6-7-12(16(2,3)4)13(10-11)20-14-8-9-18-15(17-5)19-14/h6-10H,1-5H3,(H,17,18,19). The Kier molecular flexibility index (Phi) is 3.93. The third kappa shape index (κ3) is 3.26. The van der Waals surface area contributed by atoms with E-state index in [0.29, 0.717) is 11.8 Å². The average molecular weight is 271 g/mol. The van der Waals surface area contributed by atoms with Crippen LogP contribution in [0.4, 0.5) is 5.95 Å². The monoisotopic (exact) mass is 271 g/mol. The van der Waals surface area contributed by atoms with Crippen LogP contribution in [-0.2, 0) is 5.41 Å². The summed E-state index contributed by atoms with van der Waals surface area (Å²) in [6.07, 6.45) is 1.68. The molecule has 0 aliphatic heterocycles. The molecule has 0 radical (unpaired) electrons. The molecule has 0 unspecified atom stereocenters. The highest BCUT2D eigenvalue weighted by molar-refractivity contribution is 5.43. The predicted octanol–water partition coefficient (Wildman–Crippen LogP) is 3.92. The second-order valence-corrected chi connectivity index (χ2v) is 5.82. The molecule has 0 bridgehead atoms. The highest BCUT2D eigenvalue weighted by Gasteiger charge is 2.19. The fourth-order valence-electron chi connectivity index (χ4n) is 1.97. The Morgan fingerprint density at radius 3 is 2.55 bits per heavy atom. The van der Waals surface area contributed by atoms with E-state index >= 15 is 0 Å². The lowest BCUT2D eigenvalue weighted by molar-refractivity contribution is 0.439. The van der Waals surface area contributed by atoms with Gasteiger partial charge >= 0.3 is 0 Å². The van der Waals surface area contributed by atoms with Crippen LogP contribution in [0, 0.1) is 6.92 Å². The molecule has 106 valence electrons. The number of hydrogen-bond acceptors (Lipinski definition) is 4. The Morgan fingerprint density at radius 1 is 1.15 bits per heavy atom. The number of hydrogen-bond donors (Lipinski definition) is 1. The number of anilines is 1. The van der Waals surface area contributed by atoms with Crippen molar-refractivity contribution in [2.75, 3.05) is 12.4 Å². The van der Waals surface area contributed by atoms with Gasteiger partial charge in [-0.2, -0.15) is 4.98 Å². The number of aryl methyl sites for hydroxylation is 1. The summed E-state index contributed by atoms with van der Waals surface area (Å²) in [5, 5.41) is 2.91. The summed E-state index contributed by atoms with van der Waals surface area (Å²) in [4.78, 5) is 8.38. The highest BCUT2D eigenvalue weighted by atomic mass is 16.5. The first-order valence-corrected chi connectivity index (χ1v) is 6.70. The van der Waals surface area contributed by atoms with Crippen LogP contribution < -0.4 is 10.1 Å². The van der Waals surface area contributed by atoms with Crippen molar-refractivity contribution in [2.45, 2.75) is 33.1 Å². The van der Waals surface area contributed by atoms with Gasteiger partial charge in [0, 0.05) is 24.9 Å². The lowest BCUT2D eigenvalue weighted by Crippen LogP contribution is -2.12. The summed E-state index contributed by atoms with van der Waals surface area (Å²) < 4.78 is 5.97. The van der Waals surface area contributed by atoms with Gasteiger partial charge in [-0.25, -0.2) is 4.98 Å². The predicted molar refractivity (Wildman–Crippen MR) is 81.5 cm³/mol. The van der Waals surface area contributed by atoms with Gasteiger partial charge in [0.1, 0.15) is 5.75 Å². The van der Waals surface area contributed by atoms with E-state index in [9.17, 15) is 0 Å². The van der Waals surface area contributed by atoms with Gasteiger partial charge in [-0.15, -0.1) is 0 Å². The SMILES string of the molecule is CNc1nccc(Oc2cc(C)ccc2C(C)(C)C)n1. The van der Waals surface area contributed by atoms with E-state index in [4.69, 9.17) is 4.74 Å². The average Bonchev–Trinajstić information content (AvgIpc) is 2.37. The van der Waals surface area contributed by atoms with Gasteiger partial charge in [0.25, 0.3) is 0 Å². The van der Waals surface area contributed by atoms with Crippen molar-refractivity contribution < 1.29 is 4.74 Å². The molecule has 0 aliphatic carbocycles. The van der Waals surface area contributed by atoms with Crippen LogP contribution in [0.25, 0.3) is 0 Å². The largest absolute Gasteiger partial charge is 0.439 e. The minimum absolute atomic E-state index is 0.0158. The van der Waals surface area contributed by atoms with Crippen LogP contribution in [0.15, 0.2) is 30.5 Å². The molecule has 1 N–H and O–H groups in total. The molecule has 0 amide bonds. The van der Waals surface area contributed by atoms with Crippen molar-refractivity contribution in [3.8, 4) is 11.6 Å². The Bertz CT molecular complexity index is 603. The summed E-state index contributed by atoms with van der Waals surface area (Å²) in [6, 6.07) is 8.02. The van der Waals surface area contributed by atoms with Crippen molar-refractivity contribution in [3.05, 3.63) is 41.6 Å². The van der Waals surface area contributed by atoms with Gasteiger partial charge in [-0.05, 0) is 24.0 Å². The van der Waals surface area contributed by atoms with Gasteiger partial charge in [-0.1, -0.05) is 32.9 Å². The summed E-state index contributed by atoms with van der Waals surface area (Å²) in [6.45, 7) is 8.56. The summed E-state index contributed by atoms with van der Waals surface area (Å²) in [7, 11) is 1.78. The Labute approximate surface area is 120 Å². The molecule has 4 nitrogen and oxygen atoms in total. The minimum Gasteiger partial charge on any atom is -0.439 e. The fraction of sp³-hybridized carbons (Fsp3) is 0.375. The van der Waals surface area contributed by atoms with Crippen LogP contribution in [0.3, 0.4) is 0 Å². The first-order chi connectivity index (χ1) is 9.40. The molecule has 0 saturated heterocycles. The van der Waals surface area contributed by atoms with E-state index in [1.54, 1.807) is 19.3 Å². The van der Waals surface area contributed by atoms with E-state index in [0.717, 1.165) is 16.9 Å². The van der Waals surface area contributed by atoms with E-state index < -0.39 is 0 Å². The molecule has 4 heteroatoms. The third-order valence-electron chi connectivity index (χ3n) is 3.01. The van der Waals surface area contributed by atoms with Crippen LogP contribution in [0.2, 0.25) is 0 Å². The van der Waals surface area contributed by atoms with Crippen molar-refractivity contribution in [1.82, 2.24) is 9.97 Å². The maximum atomic E-state index is 5.97. The van der Waals surface area contributed by atoms with Gasteiger partial charge in [0.15, 0.2) is 0 Å². The number of nitrogens with zero attached hydrogens (tertiary/aromatic N) is 2. The normalized spacial score (nSPS) is 11.2. The van der Waals surface area contributed by atoms with Gasteiger partial charge in [-0.3, -0.25) is 0 Å². The number of nitrogens with one attached hydrogen (secondary N) is 1. The summed E-state index contributed by atoms with van der Waals surface area (Å²) in [5.41, 5.74) is 2.34. The summed E-state index contributed by atoms with van der Waals surface area (Å²) >= 11 is 0. The molecule has 0 fully saturated rings.